The van der Waals surface area contributed by atoms with Crippen LogP contribution in [0, 0.1) is 0 Å². The van der Waals surface area contributed by atoms with E-state index in [1.54, 1.807) is 18.2 Å². The number of nitrogens with two attached hydrogens (primary N) is 1. The molecular weight excluding hydrogens is 254 g/mol. The zero-order valence-corrected chi connectivity index (χ0v) is 10.9. The first kappa shape index (κ1) is 12.2. The lowest BCUT2D eigenvalue weighted by molar-refractivity contribution is 0.0964. The number of fused-ring (bicyclic) bond motifs is 1. The van der Waals surface area contributed by atoms with Gasteiger partial charge < -0.3 is 10.5 Å². The first-order chi connectivity index (χ1) is 9.72. The van der Waals surface area contributed by atoms with Gasteiger partial charge in [-0.25, -0.2) is 9.55 Å². The highest BCUT2D eigenvalue weighted by molar-refractivity contribution is 6.04. The van der Waals surface area contributed by atoms with Gasteiger partial charge in [0.1, 0.15) is 5.75 Å². The summed E-state index contributed by atoms with van der Waals surface area (Å²) < 4.78 is 6.62. The summed E-state index contributed by atoms with van der Waals surface area (Å²) in [5, 5.41) is 0. The molecule has 3 aromatic rings. The molecule has 3 rings (SSSR count). The number of nitrogen functional groups attached to an aromatic ring is 1. The van der Waals surface area contributed by atoms with Crippen LogP contribution in [0.15, 0.2) is 48.5 Å². The van der Waals surface area contributed by atoms with Crippen molar-refractivity contribution in [3.63, 3.8) is 0 Å². The van der Waals surface area contributed by atoms with Gasteiger partial charge in [-0.2, -0.15) is 0 Å². The molecule has 0 saturated carbocycles. The number of ether oxygens (including phenoxy) is 1. The maximum atomic E-state index is 12.7. The van der Waals surface area contributed by atoms with Gasteiger partial charge in [-0.3, -0.25) is 4.79 Å². The molecule has 5 heteroatoms. The van der Waals surface area contributed by atoms with E-state index in [-0.39, 0.29) is 11.9 Å². The Morgan fingerprint density at radius 3 is 2.65 bits per heavy atom. The number of aromatic nitrogens is 2. The molecule has 0 fully saturated rings. The Bertz CT molecular complexity index is 793. The Morgan fingerprint density at radius 1 is 1.15 bits per heavy atom. The largest absolute Gasteiger partial charge is 0.496 e. The van der Waals surface area contributed by atoms with Crippen molar-refractivity contribution in [1.82, 2.24) is 9.55 Å². The van der Waals surface area contributed by atoms with Crippen LogP contribution in [0.25, 0.3) is 11.0 Å². The standard InChI is InChI=1S/C15H13N3O2/c1-20-13-9-5-2-6-10(13)14(19)18-12-8-4-3-7-11(12)17-15(18)16/h2-9H,1H3,(H2,16,17). The second-order valence-corrected chi connectivity index (χ2v) is 4.30. The minimum atomic E-state index is -0.256. The fraction of sp³-hybridized carbons (Fsp3) is 0.0667. The summed E-state index contributed by atoms with van der Waals surface area (Å²) in [6.07, 6.45) is 0. The Hall–Kier alpha value is -2.82. The fourth-order valence-corrected chi connectivity index (χ4v) is 2.20. The zero-order valence-electron chi connectivity index (χ0n) is 10.9. The summed E-state index contributed by atoms with van der Waals surface area (Å²) in [5.41, 5.74) is 7.69. The van der Waals surface area contributed by atoms with Crippen LogP contribution in [0.1, 0.15) is 10.4 Å². The number of methoxy groups -OCH3 is 1. The molecule has 0 aliphatic heterocycles. The van der Waals surface area contributed by atoms with Crippen LogP contribution in [0.2, 0.25) is 0 Å². The molecule has 2 N–H and O–H groups in total. The van der Waals surface area contributed by atoms with Crippen molar-refractivity contribution >= 4 is 22.9 Å². The van der Waals surface area contributed by atoms with Crippen LogP contribution < -0.4 is 10.5 Å². The molecule has 0 atom stereocenters. The number of rotatable bonds is 2. The van der Waals surface area contributed by atoms with Gasteiger partial charge in [-0.05, 0) is 24.3 Å². The molecule has 5 nitrogen and oxygen atoms in total. The van der Waals surface area contributed by atoms with E-state index in [9.17, 15) is 4.79 Å². The number of imidazole rings is 1. The summed E-state index contributed by atoms with van der Waals surface area (Å²) in [7, 11) is 1.53. The Kier molecular flexibility index (Phi) is 2.87. The van der Waals surface area contributed by atoms with E-state index in [4.69, 9.17) is 10.5 Å². The molecule has 1 aromatic heterocycles. The minimum Gasteiger partial charge on any atom is -0.496 e. The second-order valence-electron chi connectivity index (χ2n) is 4.30. The summed E-state index contributed by atoms with van der Waals surface area (Å²) in [4.78, 5) is 16.9. The number of anilines is 1. The second kappa shape index (κ2) is 4.70. The van der Waals surface area contributed by atoms with Gasteiger partial charge in [0.2, 0.25) is 5.95 Å². The van der Waals surface area contributed by atoms with Crippen LogP contribution in [-0.2, 0) is 0 Å². The first-order valence-corrected chi connectivity index (χ1v) is 6.13. The molecule has 0 bridgehead atoms. The van der Waals surface area contributed by atoms with Crippen LogP contribution in [0.5, 0.6) is 5.75 Å². The average Bonchev–Trinajstić information content (AvgIpc) is 2.82. The van der Waals surface area contributed by atoms with Gasteiger partial charge in [-0.15, -0.1) is 0 Å². The van der Waals surface area contributed by atoms with Crippen LogP contribution >= 0.6 is 0 Å². The topological polar surface area (TPSA) is 70.1 Å². The quantitative estimate of drug-likeness (QED) is 0.773. The summed E-state index contributed by atoms with van der Waals surface area (Å²) in [6, 6.07) is 14.4. The summed E-state index contributed by atoms with van der Waals surface area (Å²) in [6.45, 7) is 0. The van der Waals surface area contributed by atoms with Crippen molar-refractivity contribution in [2.24, 2.45) is 0 Å². The maximum Gasteiger partial charge on any atom is 0.269 e. The van der Waals surface area contributed by atoms with E-state index in [2.05, 4.69) is 4.98 Å². The van der Waals surface area contributed by atoms with Crippen LogP contribution in [0.3, 0.4) is 0 Å². The first-order valence-electron chi connectivity index (χ1n) is 6.13. The third kappa shape index (κ3) is 1.80. The molecule has 0 unspecified atom stereocenters. The maximum absolute atomic E-state index is 12.7. The smallest absolute Gasteiger partial charge is 0.269 e. The highest BCUT2D eigenvalue weighted by Crippen LogP contribution is 2.23. The van der Waals surface area contributed by atoms with Crippen LogP contribution in [0.4, 0.5) is 5.95 Å². The van der Waals surface area contributed by atoms with Crippen molar-refractivity contribution in [3.05, 3.63) is 54.1 Å². The van der Waals surface area contributed by atoms with Crippen molar-refractivity contribution in [2.45, 2.75) is 0 Å². The molecule has 0 radical (unpaired) electrons. The predicted molar refractivity (Wildman–Crippen MR) is 76.9 cm³/mol. The molecule has 0 amide bonds. The number of carbonyl (C=O) groups excluding carboxylic acids is 1. The van der Waals surface area contributed by atoms with Crippen molar-refractivity contribution in [1.29, 1.82) is 0 Å². The van der Waals surface area contributed by atoms with Gasteiger partial charge in [-0.1, -0.05) is 24.3 Å². The molecule has 1 heterocycles. The summed E-state index contributed by atoms with van der Waals surface area (Å²) >= 11 is 0. The van der Waals surface area contributed by atoms with Gasteiger partial charge >= 0.3 is 0 Å². The average molecular weight is 267 g/mol. The lowest BCUT2D eigenvalue weighted by Gasteiger charge is -2.09. The van der Waals surface area contributed by atoms with E-state index in [1.165, 1.54) is 11.7 Å². The van der Waals surface area contributed by atoms with E-state index in [1.807, 2.05) is 30.3 Å². The van der Waals surface area contributed by atoms with E-state index < -0.39 is 0 Å². The normalized spacial score (nSPS) is 10.7. The van der Waals surface area contributed by atoms with Gasteiger partial charge in [0, 0.05) is 0 Å². The Morgan fingerprint density at radius 2 is 1.85 bits per heavy atom. The van der Waals surface area contributed by atoms with Crippen molar-refractivity contribution in [2.75, 3.05) is 12.8 Å². The number of benzene rings is 2. The van der Waals surface area contributed by atoms with Crippen molar-refractivity contribution < 1.29 is 9.53 Å². The number of hydrogen-bond acceptors (Lipinski definition) is 4. The third-order valence-electron chi connectivity index (χ3n) is 3.13. The van der Waals surface area contributed by atoms with E-state index in [0.29, 0.717) is 22.3 Å². The van der Waals surface area contributed by atoms with Crippen LogP contribution in [-0.4, -0.2) is 22.6 Å². The Labute approximate surface area is 115 Å². The van der Waals surface area contributed by atoms with E-state index >= 15 is 0 Å². The number of para-hydroxylation sites is 3. The molecule has 0 spiro atoms. The fourth-order valence-electron chi connectivity index (χ4n) is 2.20. The number of carbonyl (C=O) groups is 1. The Balaban J connectivity index is 2.20. The number of nitrogens with zero attached hydrogens (tertiary/aromatic N) is 2. The molecule has 2 aromatic carbocycles. The minimum absolute atomic E-state index is 0.169. The van der Waals surface area contributed by atoms with Gasteiger partial charge in [0.05, 0.1) is 23.7 Å². The van der Waals surface area contributed by atoms with E-state index in [0.717, 1.165) is 0 Å². The highest BCUT2D eigenvalue weighted by Gasteiger charge is 2.19. The monoisotopic (exact) mass is 267 g/mol. The zero-order chi connectivity index (χ0) is 14.1. The molecular formula is C15H13N3O2. The lowest BCUT2D eigenvalue weighted by Crippen LogP contribution is -2.15. The molecule has 0 aliphatic rings. The molecule has 0 aliphatic carbocycles. The lowest BCUT2D eigenvalue weighted by atomic mass is 10.2. The highest BCUT2D eigenvalue weighted by atomic mass is 16.5. The number of hydrogen-bond donors (Lipinski definition) is 1. The van der Waals surface area contributed by atoms with Gasteiger partial charge in [0.25, 0.3) is 5.91 Å². The molecule has 0 saturated heterocycles. The molecule has 20 heavy (non-hydrogen) atoms. The van der Waals surface area contributed by atoms with Gasteiger partial charge in [0.15, 0.2) is 0 Å². The SMILES string of the molecule is COc1ccccc1C(=O)n1c(N)nc2ccccc21. The summed E-state index contributed by atoms with van der Waals surface area (Å²) in [5.74, 6) is 0.422. The van der Waals surface area contributed by atoms with Crippen molar-refractivity contribution in [3.8, 4) is 5.75 Å². The molecule has 100 valence electrons. The predicted octanol–water partition coefficient (Wildman–Crippen LogP) is 2.32. The third-order valence-corrected chi connectivity index (χ3v) is 3.13.